The van der Waals surface area contributed by atoms with E-state index < -0.39 is 58.9 Å². The van der Waals surface area contributed by atoms with Gasteiger partial charge in [0.1, 0.15) is 47.0 Å². The Morgan fingerprint density at radius 2 is 1.82 bits per heavy atom. The van der Waals surface area contributed by atoms with Crippen molar-refractivity contribution in [2.45, 2.75) is 116 Å². The van der Waals surface area contributed by atoms with Gasteiger partial charge in [-0.15, -0.1) is 17.9 Å². The number of carboxylic acid groups (broad SMARTS) is 1. The number of nitrogens with zero attached hydrogens (tertiary/aromatic N) is 3. The molecule has 14 nitrogen and oxygen atoms in total. The van der Waals surface area contributed by atoms with Crippen LogP contribution in [0.2, 0.25) is 0 Å². The predicted octanol–water partition coefficient (Wildman–Crippen LogP) is 6.07. The molecule has 15 heteroatoms. The van der Waals surface area contributed by atoms with Crippen LogP contribution in [0.3, 0.4) is 0 Å². The van der Waals surface area contributed by atoms with E-state index in [1.54, 1.807) is 13.2 Å². The van der Waals surface area contributed by atoms with E-state index in [0.717, 1.165) is 36.4 Å². The second kappa shape index (κ2) is 15.7. The molecular weight excluding hydrogens is 725 g/mol. The van der Waals surface area contributed by atoms with Gasteiger partial charge in [-0.3, -0.25) is 9.59 Å². The number of carboxylic acids is 1. The summed E-state index contributed by atoms with van der Waals surface area (Å²) < 4.78 is 18.0. The number of hydrogen-bond acceptors (Lipinski definition) is 11. The standard InChI is InChI=1S/C40H52N6O8S/c1-9-23-18-40(23,36(49)50)45-34(47)29-16-25(19-46(29)35(48)33(39(5,6)7)44-38(51)54-24-12-10-11-13-24)53-31-17-27(28-20-55-37(43-28)41-21(2)3)42-32-22(4)30(52-8)15-14-26(31)32/h9,14-15,17,20-21,23-25,29,33H,1,10-13,16,18-19H2,2-8H3,(H,41,43)(H,44,51)(H,45,47)(H,49,50)/t23-,25+,29-,33?,40-/m0/s1. The van der Waals surface area contributed by atoms with Crippen molar-refractivity contribution >= 4 is 51.2 Å². The first kappa shape index (κ1) is 39.8. The third kappa shape index (κ3) is 8.36. The monoisotopic (exact) mass is 776 g/mol. The zero-order chi connectivity index (χ0) is 39.8. The Balaban J connectivity index is 1.34. The second-order valence-corrected chi connectivity index (χ2v) is 17.0. The Kier molecular flexibility index (Phi) is 11.3. The molecule has 0 spiro atoms. The van der Waals surface area contributed by atoms with Crippen LogP contribution in [-0.4, -0.2) is 93.4 Å². The molecule has 296 valence electrons. The number of aryl methyl sites for hydroxylation is 1. The van der Waals surface area contributed by atoms with Crippen LogP contribution in [0.1, 0.15) is 78.7 Å². The summed E-state index contributed by atoms with van der Waals surface area (Å²) in [5.74, 6) is -1.64. The van der Waals surface area contributed by atoms with Crippen molar-refractivity contribution in [1.82, 2.24) is 25.5 Å². The first-order valence-electron chi connectivity index (χ1n) is 18.9. The molecule has 3 amide bonds. The van der Waals surface area contributed by atoms with Crippen LogP contribution in [0.4, 0.5) is 9.93 Å². The summed E-state index contributed by atoms with van der Waals surface area (Å²) in [5.41, 5.74) is 0.365. The summed E-state index contributed by atoms with van der Waals surface area (Å²) >= 11 is 1.46. The summed E-state index contributed by atoms with van der Waals surface area (Å²) in [6, 6.07) is 3.52. The van der Waals surface area contributed by atoms with Gasteiger partial charge in [-0.1, -0.05) is 26.8 Å². The Morgan fingerprint density at radius 3 is 2.44 bits per heavy atom. The van der Waals surface area contributed by atoms with Crippen molar-refractivity contribution in [1.29, 1.82) is 0 Å². The van der Waals surface area contributed by atoms with Gasteiger partial charge in [0, 0.05) is 40.8 Å². The van der Waals surface area contributed by atoms with Crippen molar-refractivity contribution < 1.29 is 38.5 Å². The average molecular weight is 777 g/mol. The van der Waals surface area contributed by atoms with E-state index in [1.807, 2.05) is 59.1 Å². The lowest BCUT2D eigenvalue weighted by Gasteiger charge is -2.35. The molecule has 3 fully saturated rings. The number of amides is 3. The lowest BCUT2D eigenvalue weighted by molar-refractivity contribution is -0.146. The molecule has 3 aliphatic rings. The third-order valence-electron chi connectivity index (χ3n) is 10.7. The van der Waals surface area contributed by atoms with Crippen LogP contribution in [-0.2, 0) is 19.1 Å². The first-order chi connectivity index (χ1) is 26.0. The fourth-order valence-electron chi connectivity index (χ4n) is 7.53. The number of methoxy groups -OCH3 is 1. The molecule has 0 radical (unpaired) electrons. The smallest absolute Gasteiger partial charge is 0.408 e. The van der Waals surface area contributed by atoms with Crippen LogP contribution in [0.25, 0.3) is 22.3 Å². The van der Waals surface area contributed by atoms with Crippen molar-refractivity contribution in [3.63, 3.8) is 0 Å². The molecular formula is C40H52N6O8S. The summed E-state index contributed by atoms with van der Waals surface area (Å²) in [4.78, 5) is 65.4. The van der Waals surface area contributed by atoms with Crippen LogP contribution in [0.15, 0.2) is 36.2 Å². The number of anilines is 1. The lowest BCUT2D eigenvalue weighted by Crippen LogP contribution is -2.59. The molecule has 1 aliphatic heterocycles. The number of nitrogens with one attached hydrogen (secondary N) is 3. The minimum Gasteiger partial charge on any atom is -0.496 e. The number of fused-ring (bicyclic) bond motifs is 1. The van der Waals surface area contributed by atoms with Gasteiger partial charge >= 0.3 is 12.1 Å². The van der Waals surface area contributed by atoms with E-state index in [9.17, 15) is 24.3 Å². The lowest BCUT2D eigenvalue weighted by atomic mass is 9.85. The highest BCUT2D eigenvalue weighted by Crippen LogP contribution is 2.45. The topological polar surface area (TPSA) is 181 Å². The van der Waals surface area contributed by atoms with E-state index in [4.69, 9.17) is 24.2 Å². The quantitative estimate of drug-likeness (QED) is 0.148. The molecule has 2 saturated carbocycles. The fraction of sp³-hybridized carbons (Fsp3) is 0.550. The highest BCUT2D eigenvalue weighted by atomic mass is 32.1. The molecule has 55 heavy (non-hydrogen) atoms. The number of carbonyl (C=O) groups is 4. The van der Waals surface area contributed by atoms with E-state index in [-0.39, 0.29) is 31.5 Å². The van der Waals surface area contributed by atoms with Gasteiger partial charge in [0.15, 0.2) is 5.13 Å². The van der Waals surface area contributed by atoms with Gasteiger partial charge in [0.25, 0.3) is 0 Å². The summed E-state index contributed by atoms with van der Waals surface area (Å²) in [7, 11) is 1.59. The summed E-state index contributed by atoms with van der Waals surface area (Å²) in [6.07, 6.45) is 3.63. The summed E-state index contributed by atoms with van der Waals surface area (Å²) in [6.45, 7) is 15.2. The van der Waals surface area contributed by atoms with Crippen molar-refractivity contribution in [2.75, 3.05) is 19.0 Å². The number of carbonyl (C=O) groups excluding carboxylic acids is 3. The van der Waals surface area contributed by atoms with Gasteiger partial charge in [-0.05, 0) is 70.4 Å². The number of hydrogen-bond donors (Lipinski definition) is 4. The van der Waals surface area contributed by atoms with Gasteiger partial charge in [0.2, 0.25) is 11.8 Å². The predicted molar refractivity (Wildman–Crippen MR) is 209 cm³/mol. The number of ether oxygens (including phenoxy) is 3. The molecule has 4 N–H and O–H groups in total. The maximum atomic E-state index is 14.6. The Morgan fingerprint density at radius 1 is 1.09 bits per heavy atom. The fourth-order valence-corrected chi connectivity index (χ4v) is 8.38. The molecule has 3 heterocycles. The van der Waals surface area contributed by atoms with Gasteiger partial charge < -0.3 is 40.2 Å². The molecule has 1 unspecified atom stereocenters. The van der Waals surface area contributed by atoms with Crippen LogP contribution in [0, 0.1) is 18.3 Å². The third-order valence-corrected chi connectivity index (χ3v) is 11.4. The number of alkyl carbamates (subject to hydrolysis) is 1. The molecule has 6 rings (SSSR count). The largest absolute Gasteiger partial charge is 0.496 e. The van der Waals surface area contributed by atoms with Crippen LogP contribution < -0.4 is 25.4 Å². The highest BCUT2D eigenvalue weighted by molar-refractivity contribution is 7.14. The van der Waals surface area contributed by atoms with E-state index in [1.165, 1.54) is 22.3 Å². The number of rotatable bonds is 13. The summed E-state index contributed by atoms with van der Waals surface area (Å²) in [5, 5.41) is 22.3. The highest BCUT2D eigenvalue weighted by Gasteiger charge is 2.61. The van der Waals surface area contributed by atoms with Crippen molar-refractivity contribution in [3.05, 3.63) is 41.8 Å². The van der Waals surface area contributed by atoms with Crippen molar-refractivity contribution in [2.24, 2.45) is 11.3 Å². The van der Waals surface area contributed by atoms with Crippen LogP contribution in [0.5, 0.6) is 11.5 Å². The number of pyridine rings is 1. The molecule has 2 aromatic heterocycles. The van der Waals surface area contributed by atoms with Gasteiger partial charge in [-0.25, -0.2) is 19.6 Å². The number of likely N-dealkylation sites (tertiary alicyclic amines) is 1. The second-order valence-electron chi connectivity index (χ2n) is 16.2. The van der Waals surface area contributed by atoms with E-state index >= 15 is 0 Å². The van der Waals surface area contributed by atoms with E-state index in [0.29, 0.717) is 33.8 Å². The SMILES string of the molecule is C=C[C@H]1C[C@@]1(NC(=O)[C@@H]1C[C@@H](Oc2cc(-c3csc(NC(C)C)n3)nc3c(C)c(OC)ccc23)CN1C(=O)C(NC(=O)OC1CCCC1)C(C)(C)C)C(=O)O. The Bertz CT molecular complexity index is 1970. The number of aliphatic carboxylic acids is 1. The Hall–Kier alpha value is -4.92. The maximum absolute atomic E-state index is 14.6. The number of thiazole rings is 1. The molecule has 1 aromatic carbocycles. The Labute approximate surface area is 325 Å². The molecule has 5 atom stereocenters. The molecule has 3 aromatic rings. The number of aromatic nitrogens is 2. The van der Waals surface area contributed by atoms with Crippen molar-refractivity contribution in [3.8, 4) is 22.9 Å². The molecule has 0 bridgehead atoms. The molecule has 1 saturated heterocycles. The first-order valence-corrected chi connectivity index (χ1v) is 19.8. The number of benzene rings is 1. The van der Waals surface area contributed by atoms with Gasteiger partial charge in [0.05, 0.1) is 24.9 Å². The minimum atomic E-state index is -1.51. The van der Waals surface area contributed by atoms with E-state index in [2.05, 4.69) is 22.5 Å². The van der Waals surface area contributed by atoms with Crippen LogP contribution >= 0.6 is 11.3 Å². The normalized spacial score (nSPS) is 23.0. The average Bonchev–Trinajstić information content (AvgIpc) is 3.53. The minimum absolute atomic E-state index is 0.0126. The zero-order valence-corrected chi connectivity index (χ0v) is 33.4. The van der Waals surface area contributed by atoms with Gasteiger partial charge in [-0.2, -0.15) is 0 Å². The molecule has 2 aliphatic carbocycles. The zero-order valence-electron chi connectivity index (χ0n) is 32.6. The maximum Gasteiger partial charge on any atom is 0.408 e.